The van der Waals surface area contributed by atoms with E-state index in [0.29, 0.717) is 19.7 Å². The van der Waals surface area contributed by atoms with Crippen LogP contribution in [0.5, 0.6) is 0 Å². The van der Waals surface area contributed by atoms with Crippen LogP contribution >= 0.6 is 23.7 Å². The van der Waals surface area contributed by atoms with Gasteiger partial charge < -0.3 is 20.1 Å². The number of carbonyl (C=O) groups excluding carboxylic acids is 1. The number of carbonyl (C=O) groups is 1. The molecular weight excluding hydrogens is 360 g/mol. The van der Waals surface area contributed by atoms with Crippen molar-refractivity contribution < 1.29 is 14.6 Å². The Labute approximate surface area is 158 Å². The van der Waals surface area contributed by atoms with Crippen LogP contribution in [-0.4, -0.2) is 48.3 Å². The van der Waals surface area contributed by atoms with Crippen molar-refractivity contribution >= 4 is 29.7 Å². The first-order chi connectivity index (χ1) is 11.7. The molecule has 136 valence electrons. The van der Waals surface area contributed by atoms with Crippen LogP contribution in [0.3, 0.4) is 0 Å². The zero-order valence-corrected chi connectivity index (χ0v) is 15.5. The number of hydrogen-bond acceptors (Lipinski definition) is 5. The highest BCUT2D eigenvalue weighted by atomic mass is 35.5. The van der Waals surface area contributed by atoms with Crippen LogP contribution in [0.2, 0.25) is 0 Å². The lowest BCUT2D eigenvalue weighted by molar-refractivity contribution is -0.147. The normalized spacial score (nSPS) is 18.2. The highest BCUT2D eigenvalue weighted by molar-refractivity contribution is 7.10. The van der Waals surface area contributed by atoms with Crippen LogP contribution in [0, 0.1) is 0 Å². The lowest BCUT2D eigenvalue weighted by Crippen LogP contribution is -2.50. The average molecular weight is 383 g/mol. The smallest absolute Gasteiger partial charge is 0.253 e. The molecule has 5 nitrogen and oxygen atoms in total. The van der Waals surface area contributed by atoms with Gasteiger partial charge in [0.25, 0.3) is 5.91 Å². The Hall–Kier alpha value is -1.44. The summed E-state index contributed by atoms with van der Waals surface area (Å²) in [6.07, 6.45) is -1.17. The van der Waals surface area contributed by atoms with Crippen LogP contribution in [0.15, 0.2) is 47.8 Å². The fraction of sp³-hybridized carbons (Fsp3) is 0.389. The number of hydrogen-bond donors (Lipinski definition) is 2. The Morgan fingerprint density at radius 1 is 1.32 bits per heavy atom. The van der Waals surface area contributed by atoms with Gasteiger partial charge in [0, 0.05) is 24.5 Å². The number of aliphatic hydroxyl groups is 1. The summed E-state index contributed by atoms with van der Waals surface area (Å²) < 4.78 is 5.60. The van der Waals surface area contributed by atoms with E-state index >= 15 is 0 Å². The fourth-order valence-electron chi connectivity index (χ4n) is 2.74. The van der Waals surface area contributed by atoms with Gasteiger partial charge in [-0.2, -0.15) is 0 Å². The second-order valence-electron chi connectivity index (χ2n) is 5.80. The molecule has 1 aromatic carbocycles. The largest absolute Gasteiger partial charge is 0.386 e. The highest BCUT2D eigenvalue weighted by Crippen LogP contribution is 2.21. The molecule has 1 aromatic heterocycles. The molecule has 7 heteroatoms. The average Bonchev–Trinajstić information content (AvgIpc) is 3.17. The Kier molecular flexibility index (Phi) is 7.87. The monoisotopic (exact) mass is 382 g/mol. The summed E-state index contributed by atoms with van der Waals surface area (Å²) in [6, 6.07) is 13.6. The summed E-state index contributed by atoms with van der Waals surface area (Å²) in [6.45, 7) is 2.53. The van der Waals surface area contributed by atoms with Crippen molar-refractivity contribution in [2.75, 3.05) is 26.2 Å². The van der Waals surface area contributed by atoms with E-state index < -0.39 is 12.2 Å². The van der Waals surface area contributed by atoms with Crippen molar-refractivity contribution in [1.29, 1.82) is 0 Å². The van der Waals surface area contributed by atoms with E-state index in [-0.39, 0.29) is 24.9 Å². The number of amides is 1. The van der Waals surface area contributed by atoms with E-state index in [1.165, 1.54) is 11.3 Å². The molecule has 3 rings (SSSR count). The zero-order chi connectivity index (χ0) is 16.8. The number of rotatable bonds is 6. The number of aliphatic hydroxyl groups excluding tert-OH is 1. The van der Waals surface area contributed by atoms with Crippen LogP contribution in [0.4, 0.5) is 0 Å². The Balaban J connectivity index is 0.00000225. The van der Waals surface area contributed by atoms with Crippen LogP contribution in [-0.2, 0) is 16.1 Å². The third-order valence-electron chi connectivity index (χ3n) is 4.00. The SMILES string of the molecule is Cl.O=C(C1CNCCO1)N(Cc1ccccc1)CC(O)c1cccs1. The molecule has 1 aliphatic rings. The summed E-state index contributed by atoms with van der Waals surface area (Å²) in [5.74, 6) is -0.0818. The molecule has 1 fully saturated rings. The highest BCUT2D eigenvalue weighted by Gasteiger charge is 2.28. The number of benzene rings is 1. The summed E-state index contributed by atoms with van der Waals surface area (Å²) in [5.41, 5.74) is 1.04. The molecule has 1 saturated heterocycles. The summed E-state index contributed by atoms with van der Waals surface area (Å²) >= 11 is 1.50. The van der Waals surface area contributed by atoms with Crippen LogP contribution in [0.1, 0.15) is 16.5 Å². The van der Waals surface area contributed by atoms with Gasteiger partial charge in [0.2, 0.25) is 0 Å². The van der Waals surface area contributed by atoms with Crippen molar-refractivity contribution in [3.63, 3.8) is 0 Å². The number of morpholine rings is 1. The standard InChI is InChI=1S/C18H22N2O3S.ClH/c21-15(17-7-4-10-24-17)13-20(12-14-5-2-1-3-6-14)18(22)16-11-19-8-9-23-16;/h1-7,10,15-16,19,21H,8-9,11-13H2;1H. The van der Waals surface area contributed by atoms with Gasteiger partial charge in [-0.25, -0.2) is 0 Å². The Bertz CT molecular complexity index is 633. The zero-order valence-electron chi connectivity index (χ0n) is 13.8. The predicted molar refractivity (Wildman–Crippen MR) is 101 cm³/mol. The molecule has 0 spiro atoms. The van der Waals surface area contributed by atoms with Gasteiger partial charge >= 0.3 is 0 Å². The van der Waals surface area contributed by atoms with Gasteiger partial charge in [0.05, 0.1) is 13.2 Å². The molecule has 1 aliphatic heterocycles. The van der Waals surface area contributed by atoms with Crippen molar-refractivity contribution in [1.82, 2.24) is 10.2 Å². The Morgan fingerprint density at radius 2 is 2.12 bits per heavy atom. The van der Waals surface area contributed by atoms with E-state index in [2.05, 4.69) is 5.32 Å². The first-order valence-electron chi connectivity index (χ1n) is 8.10. The minimum absolute atomic E-state index is 0. The molecule has 1 amide bonds. The van der Waals surface area contributed by atoms with Crippen molar-refractivity contribution in [2.45, 2.75) is 18.8 Å². The van der Waals surface area contributed by atoms with Gasteiger partial charge in [-0.05, 0) is 17.0 Å². The number of nitrogens with one attached hydrogen (secondary N) is 1. The molecule has 0 aliphatic carbocycles. The summed E-state index contributed by atoms with van der Waals surface area (Å²) in [5, 5.41) is 15.6. The van der Waals surface area contributed by atoms with Crippen molar-refractivity contribution in [3.05, 3.63) is 58.3 Å². The first kappa shape index (κ1) is 19.9. The molecule has 2 heterocycles. The molecule has 2 aromatic rings. The topological polar surface area (TPSA) is 61.8 Å². The van der Waals surface area contributed by atoms with Gasteiger partial charge in [-0.15, -0.1) is 23.7 Å². The van der Waals surface area contributed by atoms with Gasteiger partial charge in [0.1, 0.15) is 12.2 Å². The number of nitrogens with zero attached hydrogens (tertiary/aromatic N) is 1. The molecule has 2 atom stereocenters. The molecule has 2 unspecified atom stereocenters. The quantitative estimate of drug-likeness (QED) is 0.804. The molecule has 25 heavy (non-hydrogen) atoms. The fourth-order valence-corrected chi connectivity index (χ4v) is 3.45. The lowest BCUT2D eigenvalue weighted by atomic mass is 10.1. The number of ether oxygens (including phenoxy) is 1. The molecule has 0 radical (unpaired) electrons. The minimum atomic E-state index is -0.686. The van der Waals surface area contributed by atoms with E-state index in [1.807, 2.05) is 47.8 Å². The van der Waals surface area contributed by atoms with Gasteiger partial charge in [-0.3, -0.25) is 4.79 Å². The van der Waals surface area contributed by atoms with Crippen molar-refractivity contribution in [2.24, 2.45) is 0 Å². The van der Waals surface area contributed by atoms with E-state index in [4.69, 9.17) is 4.74 Å². The molecule has 0 saturated carbocycles. The Morgan fingerprint density at radius 3 is 2.76 bits per heavy atom. The van der Waals surface area contributed by atoms with Crippen LogP contribution in [0.25, 0.3) is 0 Å². The maximum atomic E-state index is 12.9. The van der Waals surface area contributed by atoms with Crippen LogP contribution < -0.4 is 5.32 Å². The molecule has 2 N–H and O–H groups in total. The van der Waals surface area contributed by atoms with E-state index in [0.717, 1.165) is 17.0 Å². The lowest BCUT2D eigenvalue weighted by Gasteiger charge is -2.31. The summed E-state index contributed by atoms with van der Waals surface area (Å²) in [7, 11) is 0. The van der Waals surface area contributed by atoms with Gasteiger partial charge in [0.15, 0.2) is 0 Å². The molecular formula is C18H23ClN2O3S. The predicted octanol–water partition coefficient (Wildman–Crippen LogP) is 2.22. The second-order valence-corrected chi connectivity index (χ2v) is 6.78. The van der Waals surface area contributed by atoms with E-state index in [1.54, 1.807) is 4.90 Å². The number of thiophene rings is 1. The third kappa shape index (κ3) is 5.52. The minimum Gasteiger partial charge on any atom is -0.386 e. The van der Waals surface area contributed by atoms with E-state index in [9.17, 15) is 9.90 Å². The second kappa shape index (κ2) is 9.89. The third-order valence-corrected chi connectivity index (χ3v) is 4.97. The summed E-state index contributed by atoms with van der Waals surface area (Å²) in [4.78, 5) is 15.4. The maximum absolute atomic E-state index is 12.9. The number of halogens is 1. The first-order valence-corrected chi connectivity index (χ1v) is 8.98. The van der Waals surface area contributed by atoms with Crippen molar-refractivity contribution in [3.8, 4) is 0 Å². The molecule has 0 bridgehead atoms. The maximum Gasteiger partial charge on any atom is 0.253 e. The van der Waals surface area contributed by atoms with Gasteiger partial charge in [-0.1, -0.05) is 36.4 Å².